The molecule has 14 heavy (non-hydrogen) atoms. The van der Waals surface area contributed by atoms with Crippen molar-refractivity contribution < 1.29 is 13.2 Å². The van der Waals surface area contributed by atoms with Gasteiger partial charge in [0.1, 0.15) is 5.75 Å². The molecule has 0 N–H and O–H groups in total. The first kappa shape index (κ1) is 14.0. The summed E-state index contributed by atoms with van der Waals surface area (Å²) in [5, 5.41) is 0. The second-order valence-corrected chi connectivity index (χ2v) is 5.72. The van der Waals surface area contributed by atoms with Crippen molar-refractivity contribution in [1.29, 1.82) is 0 Å². The Kier molecular flexibility index (Phi) is 6.48. The van der Waals surface area contributed by atoms with Gasteiger partial charge < -0.3 is 4.90 Å². The molecule has 0 aromatic heterocycles. The van der Waals surface area contributed by atoms with Crippen molar-refractivity contribution in [3.05, 3.63) is 0 Å². The Morgan fingerprint density at radius 1 is 1.21 bits per heavy atom. The average molecular weight is 262 g/mol. The normalized spacial score (nSPS) is 11.4. The molecule has 0 unspecified atom stereocenters. The number of hydrogen-bond acceptors (Lipinski definition) is 3. The zero-order valence-electron chi connectivity index (χ0n) is 7.87. The quantitative estimate of drug-likeness (QED) is 0.648. The van der Waals surface area contributed by atoms with Gasteiger partial charge in [-0.1, -0.05) is 0 Å². The van der Waals surface area contributed by atoms with Crippen LogP contribution in [0.4, 0.5) is 0 Å². The van der Waals surface area contributed by atoms with Crippen LogP contribution in [0.25, 0.3) is 0 Å². The molecule has 4 nitrogen and oxygen atoms in total. The summed E-state index contributed by atoms with van der Waals surface area (Å²) in [6.45, 7) is 0.644. The monoisotopic (exact) mass is 261 g/mol. The number of hydrogen-bond donors (Lipinski definition) is 0. The summed E-state index contributed by atoms with van der Waals surface area (Å²) in [5.74, 6) is -0.395. The lowest BCUT2D eigenvalue weighted by Crippen LogP contribution is -2.38. The van der Waals surface area contributed by atoms with Gasteiger partial charge in [-0.3, -0.25) is 4.79 Å². The van der Waals surface area contributed by atoms with Gasteiger partial charge in [0.2, 0.25) is 5.91 Å². The number of rotatable bonds is 6. The molecule has 0 bridgehead atoms. The minimum atomic E-state index is -3.28. The van der Waals surface area contributed by atoms with Gasteiger partial charge in [0.25, 0.3) is 0 Å². The third-order valence-electron chi connectivity index (χ3n) is 1.45. The van der Waals surface area contributed by atoms with E-state index in [0.29, 0.717) is 13.1 Å². The fourth-order valence-corrected chi connectivity index (χ4v) is 1.92. The van der Waals surface area contributed by atoms with Crippen molar-refractivity contribution in [2.45, 2.75) is 0 Å². The van der Waals surface area contributed by atoms with E-state index < -0.39 is 21.5 Å². The van der Waals surface area contributed by atoms with Gasteiger partial charge in [-0.2, -0.15) is 0 Å². The fourth-order valence-electron chi connectivity index (χ4n) is 0.881. The van der Waals surface area contributed by atoms with Crippen LogP contribution in [0.1, 0.15) is 0 Å². The zero-order valence-corrected chi connectivity index (χ0v) is 10.2. The summed E-state index contributed by atoms with van der Waals surface area (Å²) in [6, 6.07) is 0. The summed E-state index contributed by atoms with van der Waals surface area (Å²) in [5.41, 5.74) is 0. The Balaban J connectivity index is 4.29. The van der Waals surface area contributed by atoms with Crippen molar-refractivity contribution in [1.82, 2.24) is 4.90 Å². The van der Waals surface area contributed by atoms with Crippen molar-refractivity contribution in [3.8, 4) is 0 Å². The molecular formula is C7H13Cl2NO3S. The third kappa shape index (κ3) is 6.45. The summed E-state index contributed by atoms with van der Waals surface area (Å²) in [6.07, 6.45) is 1.02. The molecular weight excluding hydrogens is 249 g/mol. The van der Waals surface area contributed by atoms with E-state index in [1.165, 1.54) is 4.90 Å². The maximum absolute atomic E-state index is 11.4. The highest BCUT2D eigenvalue weighted by Gasteiger charge is 2.17. The maximum atomic E-state index is 11.4. The summed E-state index contributed by atoms with van der Waals surface area (Å²) in [4.78, 5) is 12.7. The lowest BCUT2D eigenvalue weighted by molar-refractivity contribution is -0.127. The van der Waals surface area contributed by atoms with E-state index >= 15 is 0 Å². The Morgan fingerprint density at radius 2 is 1.64 bits per heavy atom. The molecule has 84 valence electrons. The zero-order chi connectivity index (χ0) is 11.2. The Hall–Kier alpha value is -0.000000000000000111. The number of alkyl halides is 2. The smallest absolute Gasteiger partial charge is 0.237 e. The van der Waals surface area contributed by atoms with Gasteiger partial charge in [-0.05, 0) is 0 Å². The molecule has 0 saturated heterocycles. The van der Waals surface area contributed by atoms with Crippen LogP contribution in [0.3, 0.4) is 0 Å². The van der Waals surface area contributed by atoms with Crippen molar-refractivity contribution in [2.75, 3.05) is 36.9 Å². The van der Waals surface area contributed by atoms with Crippen LogP contribution < -0.4 is 0 Å². The van der Waals surface area contributed by atoms with Crippen molar-refractivity contribution in [3.63, 3.8) is 0 Å². The molecule has 0 atom stereocenters. The third-order valence-corrected chi connectivity index (χ3v) is 2.56. The maximum Gasteiger partial charge on any atom is 0.237 e. The van der Waals surface area contributed by atoms with Crippen LogP contribution >= 0.6 is 23.2 Å². The molecule has 0 fully saturated rings. The Morgan fingerprint density at radius 3 is 1.93 bits per heavy atom. The second-order valence-electron chi connectivity index (χ2n) is 2.83. The van der Waals surface area contributed by atoms with Crippen LogP contribution in [0, 0.1) is 0 Å². The highest BCUT2D eigenvalue weighted by atomic mass is 35.5. The number of sulfone groups is 1. The molecule has 0 aromatic rings. The topological polar surface area (TPSA) is 54.5 Å². The van der Waals surface area contributed by atoms with Crippen LogP contribution in [0.5, 0.6) is 0 Å². The van der Waals surface area contributed by atoms with Crippen LogP contribution in [0.2, 0.25) is 0 Å². The summed E-state index contributed by atoms with van der Waals surface area (Å²) < 4.78 is 21.7. The van der Waals surface area contributed by atoms with Gasteiger partial charge in [0.15, 0.2) is 9.84 Å². The molecule has 0 aliphatic heterocycles. The van der Waals surface area contributed by atoms with Gasteiger partial charge >= 0.3 is 0 Å². The lowest BCUT2D eigenvalue weighted by atomic mass is 10.5. The number of halogens is 2. The van der Waals surface area contributed by atoms with Crippen LogP contribution in [-0.4, -0.2) is 56.1 Å². The van der Waals surface area contributed by atoms with Crippen molar-refractivity contribution >= 4 is 38.9 Å². The number of carbonyl (C=O) groups excluding carboxylic acids is 1. The first-order valence-corrected chi connectivity index (χ1v) is 7.11. The largest absolute Gasteiger partial charge is 0.339 e. The predicted octanol–water partition coefficient (Wildman–Crippen LogP) is 0.337. The molecule has 7 heteroatoms. The minimum Gasteiger partial charge on any atom is -0.339 e. The average Bonchev–Trinajstić information content (AvgIpc) is 2.01. The molecule has 0 heterocycles. The molecule has 0 aliphatic carbocycles. The molecule has 0 radical (unpaired) electrons. The standard InChI is InChI=1S/C7H13Cl2NO3S/c1-14(12,13)6-7(11)10(4-2-8)5-3-9/h2-6H2,1H3. The van der Waals surface area contributed by atoms with E-state index in [0.717, 1.165) is 6.26 Å². The summed E-state index contributed by atoms with van der Waals surface area (Å²) >= 11 is 10.9. The minimum absolute atomic E-state index is 0.270. The molecule has 0 aliphatic rings. The molecule has 1 amide bonds. The molecule has 0 saturated carbocycles. The molecule has 0 rings (SSSR count). The first-order valence-electron chi connectivity index (χ1n) is 3.98. The van der Waals surface area contributed by atoms with E-state index in [1.807, 2.05) is 0 Å². The van der Waals surface area contributed by atoms with E-state index in [1.54, 1.807) is 0 Å². The van der Waals surface area contributed by atoms with Crippen LogP contribution in [-0.2, 0) is 14.6 Å². The second kappa shape index (κ2) is 6.48. The van der Waals surface area contributed by atoms with Gasteiger partial charge in [0, 0.05) is 31.1 Å². The first-order chi connectivity index (χ1) is 6.40. The number of nitrogens with zero attached hydrogens (tertiary/aromatic N) is 1. The van der Waals surface area contributed by atoms with Crippen LogP contribution in [0.15, 0.2) is 0 Å². The van der Waals surface area contributed by atoms with Gasteiger partial charge in [-0.25, -0.2) is 8.42 Å². The van der Waals surface area contributed by atoms with Gasteiger partial charge in [-0.15, -0.1) is 23.2 Å². The lowest BCUT2D eigenvalue weighted by Gasteiger charge is -2.19. The fraction of sp³-hybridized carbons (Fsp3) is 0.857. The predicted molar refractivity (Wildman–Crippen MR) is 57.7 cm³/mol. The van der Waals surface area contributed by atoms with Gasteiger partial charge in [0.05, 0.1) is 0 Å². The SMILES string of the molecule is CS(=O)(=O)CC(=O)N(CCCl)CCCl. The van der Waals surface area contributed by atoms with E-state index in [2.05, 4.69) is 0 Å². The Bertz CT molecular complexity index is 273. The highest BCUT2D eigenvalue weighted by molar-refractivity contribution is 7.91. The number of carbonyl (C=O) groups is 1. The number of amides is 1. The Labute approximate surface area is 94.1 Å². The summed E-state index contributed by atoms with van der Waals surface area (Å²) in [7, 11) is -3.28. The molecule has 0 aromatic carbocycles. The van der Waals surface area contributed by atoms with E-state index in [-0.39, 0.29) is 11.8 Å². The molecule has 0 spiro atoms. The van der Waals surface area contributed by atoms with E-state index in [9.17, 15) is 13.2 Å². The van der Waals surface area contributed by atoms with E-state index in [4.69, 9.17) is 23.2 Å². The van der Waals surface area contributed by atoms with Crippen molar-refractivity contribution in [2.24, 2.45) is 0 Å². The highest BCUT2D eigenvalue weighted by Crippen LogP contribution is 1.96.